The van der Waals surface area contributed by atoms with Gasteiger partial charge in [0.1, 0.15) is 6.04 Å². The molecule has 1 N–H and O–H groups in total. The summed E-state index contributed by atoms with van der Waals surface area (Å²) >= 11 is 0. The van der Waals surface area contributed by atoms with E-state index in [4.69, 9.17) is 4.74 Å². The Hall–Kier alpha value is -0.820. The number of esters is 1. The van der Waals surface area contributed by atoms with E-state index in [1.54, 1.807) is 20.8 Å². The average molecular weight is 312 g/mol. The van der Waals surface area contributed by atoms with Crippen LogP contribution in [0.2, 0.25) is 0 Å². The zero-order valence-electron chi connectivity index (χ0n) is 13.5. The van der Waals surface area contributed by atoms with E-state index < -0.39 is 24.7 Å². The SMILES string of the molecule is CCOC(=O)C(CCN(CC(F)(F)F)C(C)C)NC(C)C. The van der Waals surface area contributed by atoms with Crippen molar-refractivity contribution in [2.75, 3.05) is 19.7 Å². The number of carbonyl (C=O) groups excluding carboxylic acids is 1. The first-order chi connectivity index (χ1) is 9.56. The molecule has 0 aliphatic rings. The van der Waals surface area contributed by atoms with Crippen molar-refractivity contribution in [3.63, 3.8) is 0 Å². The second kappa shape index (κ2) is 9.25. The molecule has 0 rings (SSSR count). The van der Waals surface area contributed by atoms with Crippen LogP contribution in [0.15, 0.2) is 0 Å². The van der Waals surface area contributed by atoms with Crippen molar-refractivity contribution in [3.05, 3.63) is 0 Å². The maximum Gasteiger partial charge on any atom is 0.401 e. The Morgan fingerprint density at radius 1 is 1.24 bits per heavy atom. The summed E-state index contributed by atoms with van der Waals surface area (Å²) in [5, 5.41) is 3.04. The van der Waals surface area contributed by atoms with Gasteiger partial charge in [-0.1, -0.05) is 13.8 Å². The van der Waals surface area contributed by atoms with E-state index in [1.807, 2.05) is 13.8 Å². The largest absolute Gasteiger partial charge is 0.465 e. The van der Waals surface area contributed by atoms with Crippen molar-refractivity contribution >= 4 is 5.97 Å². The van der Waals surface area contributed by atoms with Crippen molar-refractivity contribution in [1.82, 2.24) is 10.2 Å². The number of carbonyl (C=O) groups is 1. The molecule has 0 fully saturated rings. The van der Waals surface area contributed by atoms with Gasteiger partial charge >= 0.3 is 12.1 Å². The minimum Gasteiger partial charge on any atom is -0.465 e. The van der Waals surface area contributed by atoms with E-state index >= 15 is 0 Å². The third-order valence-corrected chi connectivity index (χ3v) is 2.92. The van der Waals surface area contributed by atoms with Crippen LogP contribution in [0.4, 0.5) is 13.2 Å². The van der Waals surface area contributed by atoms with E-state index in [1.165, 1.54) is 4.90 Å². The fourth-order valence-corrected chi connectivity index (χ4v) is 1.96. The zero-order chi connectivity index (χ0) is 16.6. The smallest absolute Gasteiger partial charge is 0.401 e. The lowest BCUT2D eigenvalue weighted by molar-refractivity contribution is -0.151. The van der Waals surface area contributed by atoms with Crippen molar-refractivity contribution in [3.8, 4) is 0 Å². The van der Waals surface area contributed by atoms with Crippen molar-refractivity contribution in [2.24, 2.45) is 0 Å². The van der Waals surface area contributed by atoms with Crippen LogP contribution in [0.1, 0.15) is 41.0 Å². The van der Waals surface area contributed by atoms with Crippen LogP contribution < -0.4 is 5.32 Å². The molecule has 0 heterocycles. The highest BCUT2D eigenvalue weighted by Gasteiger charge is 2.32. The number of halogens is 3. The Labute approximate surface area is 125 Å². The molecule has 0 saturated carbocycles. The van der Waals surface area contributed by atoms with Crippen molar-refractivity contribution in [1.29, 1.82) is 0 Å². The van der Waals surface area contributed by atoms with Gasteiger partial charge in [-0.2, -0.15) is 13.2 Å². The van der Waals surface area contributed by atoms with Gasteiger partial charge in [0.05, 0.1) is 13.2 Å². The molecule has 7 heteroatoms. The molecule has 0 bridgehead atoms. The van der Waals surface area contributed by atoms with Gasteiger partial charge in [-0.05, 0) is 27.2 Å². The fraction of sp³-hybridized carbons (Fsp3) is 0.929. The number of ether oxygens (including phenoxy) is 1. The van der Waals surface area contributed by atoms with E-state index in [2.05, 4.69) is 5.32 Å². The normalized spacial score (nSPS) is 14.0. The number of alkyl halides is 3. The highest BCUT2D eigenvalue weighted by molar-refractivity contribution is 5.75. The van der Waals surface area contributed by atoms with E-state index in [0.29, 0.717) is 0 Å². The molecule has 0 aromatic heterocycles. The Kier molecular flexibility index (Phi) is 8.89. The highest BCUT2D eigenvalue weighted by Crippen LogP contribution is 2.18. The molecule has 0 amide bonds. The van der Waals surface area contributed by atoms with Crippen molar-refractivity contribution < 1.29 is 22.7 Å². The minimum atomic E-state index is -4.24. The molecule has 0 aromatic rings. The second-order valence-corrected chi connectivity index (χ2v) is 5.59. The van der Waals surface area contributed by atoms with Gasteiger partial charge in [-0.3, -0.25) is 9.69 Å². The molecule has 0 aromatic carbocycles. The van der Waals surface area contributed by atoms with E-state index in [0.717, 1.165) is 0 Å². The minimum absolute atomic E-state index is 0.0505. The number of hydrogen-bond donors (Lipinski definition) is 1. The summed E-state index contributed by atoms with van der Waals surface area (Å²) in [4.78, 5) is 13.1. The summed E-state index contributed by atoms with van der Waals surface area (Å²) in [6, 6.07) is -0.775. The summed E-state index contributed by atoms with van der Waals surface area (Å²) in [5.74, 6) is -0.415. The fourth-order valence-electron chi connectivity index (χ4n) is 1.96. The highest BCUT2D eigenvalue weighted by atomic mass is 19.4. The Morgan fingerprint density at radius 3 is 2.19 bits per heavy atom. The second-order valence-electron chi connectivity index (χ2n) is 5.59. The van der Waals surface area contributed by atoms with E-state index in [9.17, 15) is 18.0 Å². The van der Waals surface area contributed by atoms with Gasteiger partial charge < -0.3 is 10.1 Å². The molecule has 1 unspecified atom stereocenters. The number of hydrogen-bond acceptors (Lipinski definition) is 4. The monoisotopic (exact) mass is 312 g/mol. The zero-order valence-corrected chi connectivity index (χ0v) is 13.5. The van der Waals surface area contributed by atoms with Gasteiger partial charge in [-0.25, -0.2) is 0 Å². The van der Waals surface area contributed by atoms with Crippen LogP contribution in [0.5, 0.6) is 0 Å². The lowest BCUT2D eigenvalue weighted by Crippen LogP contribution is -2.46. The molecule has 1 atom stereocenters. The summed E-state index contributed by atoms with van der Waals surface area (Å²) < 4.78 is 42.5. The van der Waals surface area contributed by atoms with Gasteiger partial charge in [0, 0.05) is 18.6 Å². The van der Waals surface area contributed by atoms with Crippen LogP contribution in [0, 0.1) is 0 Å². The maximum absolute atomic E-state index is 12.5. The van der Waals surface area contributed by atoms with Crippen LogP contribution >= 0.6 is 0 Å². The molecule has 21 heavy (non-hydrogen) atoms. The van der Waals surface area contributed by atoms with Crippen LogP contribution in [-0.2, 0) is 9.53 Å². The third kappa shape index (κ3) is 9.68. The summed E-state index contributed by atoms with van der Waals surface area (Å²) in [7, 11) is 0. The van der Waals surface area contributed by atoms with Crippen LogP contribution in [-0.4, -0.2) is 54.9 Å². The molecule has 126 valence electrons. The predicted octanol–water partition coefficient (Wildman–Crippen LogP) is 2.58. The number of nitrogens with zero attached hydrogens (tertiary/aromatic N) is 1. The first-order valence-corrected chi connectivity index (χ1v) is 7.30. The molecule has 4 nitrogen and oxygen atoms in total. The standard InChI is InChI=1S/C14H27F3N2O2/c1-6-21-13(20)12(18-10(2)3)7-8-19(11(4)5)9-14(15,16)17/h10-12,18H,6-9H2,1-5H3. The first kappa shape index (κ1) is 20.2. The summed E-state index contributed by atoms with van der Waals surface area (Å²) in [6.45, 7) is 8.34. The summed E-state index contributed by atoms with van der Waals surface area (Å²) in [6.07, 6.45) is -3.96. The van der Waals surface area contributed by atoms with Crippen molar-refractivity contribution in [2.45, 2.75) is 65.3 Å². The quantitative estimate of drug-likeness (QED) is 0.665. The molecule has 0 aliphatic carbocycles. The predicted molar refractivity (Wildman–Crippen MR) is 76.1 cm³/mol. The molecule has 0 spiro atoms. The Morgan fingerprint density at radius 2 is 1.81 bits per heavy atom. The van der Waals surface area contributed by atoms with Gasteiger partial charge in [-0.15, -0.1) is 0 Å². The Bertz CT molecular complexity index is 307. The topological polar surface area (TPSA) is 41.6 Å². The lowest BCUT2D eigenvalue weighted by atomic mass is 10.1. The Balaban J connectivity index is 4.63. The molecular weight excluding hydrogens is 285 g/mol. The lowest BCUT2D eigenvalue weighted by Gasteiger charge is -2.29. The average Bonchev–Trinajstić information content (AvgIpc) is 2.30. The summed E-state index contributed by atoms with van der Waals surface area (Å²) in [5.41, 5.74) is 0. The first-order valence-electron chi connectivity index (χ1n) is 7.30. The van der Waals surface area contributed by atoms with Crippen LogP contribution in [0.25, 0.3) is 0 Å². The van der Waals surface area contributed by atoms with Gasteiger partial charge in [0.2, 0.25) is 0 Å². The number of nitrogens with one attached hydrogen (secondary N) is 1. The molecular formula is C14H27F3N2O2. The number of rotatable bonds is 9. The molecule has 0 saturated heterocycles. The van der Waals surface area contributed by atoms with Crippen LogP contribution in [0.3, 0.4) is 0 Å². The molecule has 0 aliphatic heterocycles. The molecule has 0 radical (unpaired) electrons. The maximum atomic E-state index is 12.5. The van der Waals surface area contributed by atoms with Gasteiger partial charge in [0.15, 0.2) is 0 Å². The van der Waals surface area contributed by atoms with Gasteiger partial charge in [0.25, 0.3) is 0 Å². The third-order valence-electron chi connectivity index (χ3n) is 2.92. The van der Waals surface area contributed by atoms with E-state index in [-0.39, 0.29) is 31.7 Å².